The summed E-state index contributed by atoms with van der Waals surface area (Å²) in [6, 6.07) is 12.9. The second kappa shape index (κ2) is 10.5. The third-order valence-corrected chi connectivity index (χ3v) is 6.09. The van der Waals surface area contributed by atoms with Crippen LogP contribution in [0.2, 0.25) is 5.02 Å². The van der Waals surface area contributed by atoms with Crippen LogP contribution in [0.3, 0.4) is 0 Å². The number of imide groups is 1. The summed E-state index contributed by atoms with van der Waals surface area (Å²) in [5.74, 6) is -0.415. The summed E-state index contributed by atoms with van der Waals surface area (Å²) < 4.78 is 11.7. The average Bonchev–Trinajstić information content (AvgIpc) is 2.95. The van der Waals surface area contributed by atoms with Crippen LogP contribution in [-0.2, 0) is 20.9 Å². The molecule has 1 heterocycles. The highest BCUT2D eigenvalue weighted by Gasteiger charge is 2.36. The molecule has 0 radical (unpaired) electrons. The first-order chi connectivity index (χ1) is 14.7. The van der Waals surface area contributed by atoms with E-state index >= 15 is 0 Å². The van der Waals surface area contributed by atoms with E-state index in [1.165, 1.54) is 0 Å². The lowest BCUT2D eigenvalue weighted by Gasteiger charge is -2.13. The smallest absolute Gasteiger partial charge is 0.326 e. The molecule has 1 saturated heterocycles. The van der Waals surface area contributed by atoms with Gasteiger partial charge in [-0.25, -0.2) is 0 Å². The fourth-order valence-electron chi connectivity index (χ4n) is 2.68. The average molecular weight is 572 g/mol. The van der Waals surface area contributed by atoms with Crippen molar-refractivity contribution in [1.82, 2.24) is 4.90 Å². The standard InChI is InChI=1S/C22H19ClINO5S/c1-13(2)30-20(26)11-25-21(27)19(31-22(25)28)10-15-5-8-18(17(24)9-15)29-12-14-3-6-16(23)7-4-14/h3-10,13H,11-12H2,1-2H3/b19-10+. The van der Waals surface area contributed by atoms with Crippen molar-refractivity contribution < 1.29 is 23.9 Å². The molecule has 1 aliphatic rings. The van der Waals surface area contributed by atoms with Crippen LogP contribution >= 0.6 is 46.0 Å². The monoisotopic (exact) mass is 571 g/mol. The highest BCUT2D eigenvalue weighted by Crippen LogP contribution is 2.33. The molecule has 2 aromatic carbocycles. The molecule has 0 aliphatic carbocycles. The van der Waals surface area contributed by atoms with E-state index in [1.807, 2.05) is 36.4 Å². The lowest BCUT2D eigenvalue weighted by Crippen LogP contribution is -2.35. The molecule has 0 N–H and O–H groups in total. The number of carbonyl (C=O) groups excluding carboxylic acids is 3. The number of halogens is 2. The Labute approximate surface area is 203 Å². The Balaban J connectivity index is 1.67. The Morgan fingerprint density at radius 2 is 1.90 bits per heavy atom. The second-order valence-electron chi connectivity index (χ2n) is 6.91. The van der Waals surface area contributed by atoms with Gasteiger partial charge in [0, 0.05) is 5.02 Å². The number of nitrogens with zero attached hydrogens (tertiary/aromatic N) is 1. The zero-order chi connectivity index (χ0) is 22.5. The molecule has 0 spiro atoms. The van der Waals surface area contributed by atoms with E-state index < -0.39 is 23.7 Å². The van der Waals surface area contributed by atoms with Crippen molar-refractivity contribution in [2.24, 2.45) is 0 Å². The van der Waals surface area contributed by atoms with Gasteiger partial charge < -0.3 is 9.47 Å². The maximum Gasteiger partial charge on any atom is 0.326 e. The molecular weight excluding hydrogens is 553 g/mol. The number of ether oxygens (including phenoxy) is 2. The highest BCUT2D eigenvalue weighted by molar-refractivity contribution is 14.1. The van der Waals surface area contributed by atoms with Gasteiger partial charge >= 0.3 is 5.97 Å². The number of esters is 1. The van der Waals surface area contributed by atoms with Crippen LogP contribution in [0.5, 0.6) is 5.75 Å². The molecule has 2 amide bonds. The maximum absolute atomic E-state index is 12.5. The molecule has 9 heteroatoms. The zero-order valence-electron chi connectivity index (χ0n) is 16.8. The van der Waals surface area contributed by atoms with Crippen molar-refractivity contribution in [3.05, 3.63) is 67.1 Å². The minimum absolute atomic E-state index is 0.257. The van der Waals surface area contributed by atoms with Gasteiger partial charge in [-0.2, -0.15) is 0 Å². The lowest BCUT2D eigenvalue weighted by atomic mass is 10.2. The Hall–Kier alpha value is -2.04. The predicted molar refractivity (Wildman–Crippen MR) is 129 cm³/mol. The fourth-order valence-corrected chi connectivity index (χ4v) is 4.34. The molecule has 1 aliphatic heterocycles. The second-order valence-corrected chi connectivity index (χ2v) is 9.50. The quantitative estimate of drug-likeness (QED) is 0.248. The van der Waals surface area contributed by atoms with E-state index in [1.54, 1.807) is 26.0 Å². The SMILES string of the molecule is CC(C)OC(=O)CN1C(=O)S/C(=C/c2ccc(OCc3ccc(Cl)cc3)c(I)c2)C1=O. The van der Waals surface area contributed by atoms with Crippen LogP contribution in [0, 0.1) is 3.57 Å². The van der Waals surface area contributed by atoms with E-state index in [2.05, 4.69) is 22.6 Å². The third-order valence-electron chi connectivity index (χ3n) is 4.09. The summed E-state index contributed by atoms with van der Waals surface area (Å²) in [4.78, 5) is 37.7. The predicted octanol–water partition coefficient (Wildman–Crippen LogP) is 5.51. The Morgan fingerprint density at radius 3 is 2.55 bits per heavy atom. The summed E-state index contributed by atoms with van der Waals surface area (Å²) in [7, 11) is 0. The highest BCUT2D eigenvalue weighted by atomic mass is 127. The Bertz CT molecular complexity index is 1040. The van der Waals surface area contributed by atoms with Gasteiger partial charge in [0.1, 0.15) is 18.9 Å². The molecule has 31 heavy (non-hydrogen) atoms. The normalized spacial score (nSPS) is 15.1. The van der Waals surface area contributed by atoms with E-state index in [-0.39, 0.29) is 11.0 Å². The minimum atomic E-state index is -0.615. The van der Waals surface area contributed by atoms with Gasteiger partial charge in [-0.3, -0.25) is 19.3 Å². The van der Waals surface area contributed by atoms with Crippen molar-refractivity contribution in [2.75, 3.05) is 6.54 Å². The summed E-state index contributed by atoms with van der Waals surface area (Å²) in [6.07, 6.45) is 1.31. The van der Waals surface area contributed by atoms with Crippen LogP contribution < -0.4 is 4.74 Å². The van der Waals surface area contributed by atoms with E-state index in [9.17, 15) is 14.4 Å². The van der Waals surface area contributed by atoms with Gasteiger partial charge in [0.15, 0.2) is 0 Å². The van der Waals surface area contributed by atoms with Gasteiger partial charge in [0.2, 0.25) is 0 Å². The van der Waals surface area contributed by atoms with Gasteiger partial charge in [-0.05, 0) is 89.7 Å². The molecule has 162 valence electrons. The Morgan fingerprint density at radius 1 is 1.19 bits per heavy atom. The van der Waals surface area contributed by atoms with Crippen LogP contribution in [-0.4, -0.2) is 34.7 Å². The lowest BCUT2D eigenvalue weighted by molar-refractivity contribution is -0.149. The maximum atomic E-state index is 12.5. The molecule has 0 bridgehead atoms. The van der Waals surface area contributed by atoms with Crippen molar-refractivity contribution >= 4 is 69.1 Å². The number of benzene rings is 2. The van der Waals surface area contributed by atoms with Crippen molar-refractivity contribution in [3.8, 4) is 5.75 Å². The third kappa shape index (κ3) is 6.47. The summed E-state index contributed by atoms with van der Waals surface area (Å²) in [6.45, 7) is 3.42. The molecule has 0 atom stereocenters. The van der Waals surface area contributed by atoms with Gasteiger partial charge in [0.05, 0.1) is 14.6 Å². The summed E-state index contributed by atoms with van der Waals surface area (Å²) in [5.41, 5.74) is 1.74. The fraction of sp³-hybridized carbons (Fsp3) is 0.227. The molecule has 0 unspecified atom stereocenters. The van der Waals surface area contributed by atoms with Crippen molar-refractivity contribution in [1.29, 1.82) is 0 Å². The number of amides is 2. The molecular formula is C22H19ClINO5S. The van der Waals surface area contributed by atoms with Crippen molar-refractivity contribution in [2.45, 2.75) is 26.6 Å². The minimum Gasteiger partial charge on any atom is -0.488 e. The summed E-state index contributed by atoms with van der Waals surface area (Å²) >= 11 is 8.85. The molecule has 1 fully saturated rings. The topological polar surface area (TPSA) is 72.9 Å². The van der Waals surface area contributed by atoms with Gasteiger partial charge in [0.25, 0.3) is 11.1 Å². The van der Waals surface area contributed by atoms with E-state index in [4.69, 9.17) is 21.1 Å². The van der Waals surface area contributed by atoms with E-state index in [0.29, 0.717) is 17.4 Å². The first-order valence-corrected chi connectivity index (χ1v) is 11.6. The molecule has 2 aromatic rings. The molecule has 3 rings (SSSR count). The number of rotatable bonds is 7. The zero-order valence-corrected chi connectivity index (χ0v) is 20.5. The number of hydrogen-bond acceptors (Lipinski definition) is 6. The molecule has 0 saturated carbocycles. The molecule has 0 aromatic heterocycles. The number of hydrogen-bond donors (Lipinski definition) is 0. The first kappa shape index (κ1) is 23.6. The number of thioether (sulfide) groups is 1. The van der Waals surface area contributed by atoms with Crippen LogP contribution in [0.4, 0.5) is 4.79 Å². The summed E-state index contributed by atoms with van der Waals surface area (Å²) in [5, 5.41) is 0.179. The van der Waals surface area contributed by atoms with Gasteiger partial charge in [-0.1, -0.05) is 29.8 Å². The molecule has 6 nitrogen and oxygen atoms in total. The Kier molecular flexibility index (Phi) is 8.01. The first-order valence-electron chi connectivity index (χ1n) is 9.34. The van der Waals surface area contributed by atoms with Crippen molar-refractivity contribution in [3.63, 3.8) is 0 Å². The van der Waals surface area contributed by atoms with Crippen LogP contribution in [0.25, 0.3) is 6.08 Å². The van der Waals surface area contributed by atoms with Crippen LogP contribution in [0.1, 0.15) is 25.0 Å². The number of carbonyl (C=O) groups is 3. The van der Waals surface area contributed by atoms with E-state index in [0.717, 1.165) is 31.4 Å². The largest absolute Gasteiger partial charge is 0.488 e. The van der Waals surface area contributed by atoms with Gasteiger partial charge in [-0.15, -0.1) is 0 Å². The van der Waals surface area contributed by atoms with Crippen LogP contribution in [0.15, 0.2) is 47.4 Å².